The quantitative estimate of drug-likeness (QED) is 0.512. The minimum Gasteiger partial charge on any atom is -0.332 e. The van der Waals surface area contributed by atoms with Gasteiger partial charge in [0.25, 0.3) is 11.6 Å². The standard InChI is InChI=1S/C16H15N3O3S/c1-10-5-3-6-12(9-10)15(20)18-16(23)17-13-7-4-8-14(11(13)2)19(21)22/h3-9H,1-2H3,(H2,17,18,20,23). The van der Waals surface area contributed by atoms with Crippen LogP contribution in [0, 0.1) is 24.0 Å². The normalized spacial score (nSPS) is 10.0. The smallest absolute Gasteiger partial charge is 0.274 e. The molecule has 1 amide bonds. The number of carbonyl (C=O) groups excluding carboxylic acids is 1. The summed E-state index contributed by atoms with van der Waals surface area (Å²) in [6.07, 6.45) is 0. The van der Waals surface area contributed by atoms with E-state index in [0.717, 1.165) is 5.56 Å². The summed E-state index contributed by atoms with van der Waals surface area (Å²) in [5.41, 5.74) is 2.37. The number of amides is 1. The Morgan fingerprint density at radius 2 is 1.87 bits per heavy atom. The fourth-order valence-corrected chi connectivity index (χ4v) is 2.27. The minimum absolute atomic E-state index is 0.0113. The van der Waals surface area contributed by atoms with E-state index in [9.17, 15) is 14.9 Å². The Bertz CT molecular complexity index is 790. The second kappa shape index (κ2) is 6.97. The summed E-state index contributed by atoms with van der Waals surface area (Å²) in [6, 6.07) is 11.7. The zero-order chi connectivity index (χ0) is 17.0. The first-order valence-electron chi connectivity index (χ1n) is 6.81. The molecular weight excluding hydrogens is 314 g/mol. The van der Waals surface area contributed by atoms with Crippen LogP contribution in [0.15, 0.2) is 42.5 Å². The summed E-state index contributed by atoms with van der Waals surface area (Å²) in [7, 11) is 0. The third-order valence-electron chi connectivity index (χ3n) is 3.26. The predicted octanol–water partition coefficient (Wildman–Crippen LogP) is 3.34. The van der Waals surface area contributed by atoms with E-state index in [1.165, 1.54) is 6.07 Å². The molecular formula is C16H15N3O3S. The van der Waals surface area contributed by atoms with Crippen LogP contribution in [0.1, 0.15) is 21.5 Å². The molecule has 7 heteroatoms. The predicted molar refractivity (Wildman–Crippen MR) is 92.7 cm³/mol. The number of carbonyl (C=O) groups is 1. The summed E-state index contributed by atoms with van der Waals surface area (Å²) < 4.78 is 0. The third-order valence-corrected chi connectivity index (χ3v) is 3.46. The van der Waals surface area contributed by atoms with Crippen LogP contribution in [0.3, 0.4) is 0 Å². The van der Waals surface area contributed by atoms with Crippen molar-refractivity contribution in [1.29, 1.82) is 0 Å². The summed E-state index contributed by atoms with van der Waals surface area (Å²) in [4.78, 5) is 22.6. The molecule has 0 saturated heterocycles. The lowest BCUT2D eigenvalue weighted by atomic mass is 10.1. The molecule has 0 aliphatic rings. The lowest BCUT2D eigenvalue weighted by Gasteiger charge is -2.12. The lowest BCUT2D eigenvalue weighted by Crippen LogP contribution is -2.34. The molecule has 0 aromatic heterocycles. The van der Waals surface area contributed by atoms with Gasteiger partial charge in [0.1, 0.15) is 0 Å². The molecule has 0 heterocycles. The molecule has 0 unspecified atom stereocenters. The van der Waals surface area contributed by atoms with Gasteiger partial charge in [0.05, 0.1) is 16.2 Å². The molecule has 0 saturated carbocycles. The highest BCUT2D eigenvalue weighted by atomic mass is 32.1. The van der Waals surface area contributed by atoms with Gasteiger partial charge in [0, 0.05) is 11.6 Å². The Morgan fingerprint density at radius 1 is 1.17 bits per heavy atom. The summed E-state index contributed by atoms with van der Waals surface area (Å²) in [5, 5.41) is 16.4. The number of nitro groups is 1. The maximum absolute atomic E-state index is 12.1. The molecule has 0 fully saturated rings. The number of nitrogens with zero attached hydrogens (tertiary/aromatic N) is 1. The van der Waals surface area contributed by atoms with Gasteiger partial charge in [-0.2, -0.15) is 0 Å². The van der Waals surface area contributed by atoms with Gasteiger partial charge in [-0.1, -0.05) is 23.8 Å². The van der Waals surface area contributed by atoms with E-state index in [1.54, 1.807) is 37.3 Å². The van der Waals surface area contributed by atoms with Crippen molar-refractivity contribution >= 4 is 34.6 Å². The molecule has 0 aliphatic carbocycles. The molecule has 2 N–H and O–H groups in total. The zero-order valence-corrected chi connectivity index (χ0v) is 13.4. The van der Waals surface area contributed by atoms with Crippen LogP contribution in [0.25, 0.3) is 0 Å². The van der Waals surface area contributed by atoms with Crippen LogP contribution in [-0.4, -0.2) is 15.9 Å². The first-order chi connectivity index (χ1) is 10.9. The highest BCUT2D eigenvalue weighted by Crippen LogP contribution is 2.24. The Hall–Kier alpha value is -2.80. The van der Waals surface area contributed by atoms with Gasteiger partial charge in [-0.15, -0.1) is 0 Å². The van der Waals surface area contributed by atoms with E-state index in [1.807, 2.05) is 13.0 Å². The Balaban J connectivity index is 2.10. The van der Waals surface area contributed by atoms with Crippen molar-refractivity contribution in [1.82, 2.24) is 5.32 Å². The van der Waals surface area contributed by atoms with Crippen molar-refractivity contribution in [3.63, 3.8) is 0 Å². The van der Waals surface area contributed by atoms with Gasteiger partial charge in [-0.25, -0.2) is 0 Å². The Morgan fingerprint density at radius 3 is 2.52 bits per heavy atom. The van der Waals surface area contributed by atoms with E-state index in [2.05, 4.69) is 10.6 Å². The lowest BCUT2D eigenvalue weighted by molar-refractivity contribution is -0.385. The molecule has 0 aliphatic heterocycles. The van der Waals surface area contributed by atoms with Crippen LogP contribution in [-0.2, 0) is 0 Å². The van der Waals surface area contributed by atoms with E-state index < -0.39 is 4.92 Å². The molecule has 0 radical (unpaired) electrons. The molecule has 23 heavy (non-hydrogen) atoms. The fraction of sp³-hybridized carbons (Fsp3) is 0.125. The zero-order valence-electron chi connectivity index (χ0n) is 12.6. The van der Waals surface area contributed by atoms with Crippen LogP contribution >= 0.6 is 12.2 Å². The number of nitro benzene ring substituents is 1. The second-order valence-corrected chi connectivity index (χ2v) is 5.39. The fourth-order valence-electron chi connectivity index (χ4n) is 2.07. The average Bonchev–Trinajstić information content (AvgIpc) is 2.49. The average molecular weight is 329 g/mol. The number of anilines is 1. The van der Waals surface area contributed by atoms with Crippen LogP contribution < -0.4 is 10.6 Å². The molecule has 2 aromatic rings. The highest BCUT2D eigenvalue weighted by Gasteiger charge is 2.14. The van der Waals surface area contributed by atoms with Crippen molar-refractivity contribution in [3.8, 4) is 0 Å². The number of thiocarbonyl (C=S) groups is 1. The van der Waals surface area contributed by atoms with E-state index >= 15 is 0 Å². The van der Waals surface area contributed by atoms with E-state index in [0.29, 0.717) is 16.8 Å². The number of benzene rings is 2. The van der Waals surface area contributed by atoms with Gasteiger partial charge < -0.3 is 5.32 Å². The summed E-state index contributed by atoms with van der Waals surface area (Å²) in [6.45, 7) is 3.51. The van der Waals surface area contributed by atoms with Gasteiger partial charge in [-0.3, -0.25) is 20.2 Å². The van der Waals surface area contributed by atoms with E-state index in [-0.39, 0.29) is 16.7 Å². The number of aryl methyl sites for hydroxylation is 1. The molecule has 0 atom stereocenters. The van der Waals surface area contributed by atoms with Crippen molar-refractivity contribution in [3.05, 3.63) is 69.3 Å². The topological polar surface area (TPSA) is 84.3 Å². The van der Waals surface area contributed by atoms with Crippen molar-refractivity contribution in [2.45, 2.75) is 13.8 Å². The monoisotopic (exact) mass is 329 g/mol. The number of nitrogens with one attached hydrogen (secondary N) is 2. The van der Waals surface area contributed by atoms with Gasteiger partial charge >= 0.3 is 0 Å². The third kappa shape index (κ3) is 4.10. The largest absolute Gasteiger partial charge is 0.332 e. The second-order valence-electron chi connectivity index (χ2n) is 4.98. The van der Waals surface area contributed by atoms with Crippen LogP contribution in [0.4, 0.5) is 11.4 Å². The highest BCUT2D eigenvalue weighted by molar-refractivity contribution is 7.80. The first-order valence-corrected chi connectivity index (χ1v) is 7.22. The summed E-state index contributed by atoms with van der Waals surface area (Å²) >= 11 is 5.10. The number of rotatable bonds is 3. The van der Waals surface area contributed by atoms with Gasteiger partial charge in [0.2, 0.25) is 0 Å². The van der Waals surface area contributed by atoms with Crippen molar-refractivity contribution in [2.75, 3.05) is 5.32 Å². The Labute approximate surface area is 138 Å². The summed E-state index contributed by atoms with van der Waals surface area (Å²) in [5.74, 6) is -0.339. The maximum Gasteiger partial charge on any atom is 0.274 e. The Kier molecular flexibility index (Phi) is 5.02. The van der Waals surface area contributed by atoms with Crippen molar-refractivity contribution in [2.24, 2.45) is 0 Å². The van der Waals surface area contributed by atoms with Crippen LogP contribution in [0.5, 0.6) is 0 Å². The van der Waals surface area contributed by atoms with Crippen molar-refractivity contribution < 1.29 is 9.72 Å². The number of hydrogen-bond donors (Lipinski definition) is 2. The molecule has 0 spiro atoms. The molecule has 2 aromatic carbocycles. The SMILES string of the molecule is Cc1cccc(C(=O)NC(=S)Nc2cccc([N+](=O)[O-])c2C)c1. The number of hydrogen-bond acceptors (Lipinski definition) is 4. The molecule has 2 rings (SSSR count). The van der Waals surface area contributed by atoms with Gasteiger partial charge in [0.15, 0.2) is 5.11 Å². The minimum atomic E-state index is -0.463. The van der Waals surface area contributed by atoms with Gasteiger partial charge in [-0.05, 0) is 44.3 Å². The molecule has 6 nitrogen and oxygen atoms in total. The molecule has 0 bridgehead atoms. The maximum atomic E-state index is 12.1. The first kappa shape index (κ1) is 16.6. The van der Waals surface area contributed by atoms with E-state index in [4.69, 9.17) is 12.2 Å². The van der Waals surface area contributed by atoms with Crippen LogP contribution in [0.2, 0.25) is 0 Å². The molecule has 118 valence electrons.